The minimum Gasteiger partial charge on any atom is -0.487 e. The van der Waals surface area contributed by atoms with Gasteiger partial charge in [0.2, 0.25) is 0 Å². The fraction of sp³-hybridized carbons (Fsp3) is 0.0833. The molecule has 1 amide bonds. The number of carbonyl (C=O) groups is 1. The van der Waals surface area contributed by atoms with E-state index in [2.05, 4.69) is 22.4 Å². The van der Waals surface area contributed by atoms with Gasteiger partial charge < -0.3 is 10.1 Å². The van der Waals surface area contributed by atoms with Gasteiger partial charge in [0, 0.05) is 21.6 Å². The highest BCUT2D eigenvalue weighted by atomic mass is 32.2. The summed E-state index contributed by atoms with van der Waals surface area (Å²) in [6.45, 7) is 0.418. The Kier molecular flexibility index (Phi) is 6.79. The van der Waals surface area contributed by atoms with Crippen LogP contribution in [0, 0.1) is 0 Å². The SMILES string of the molecule is O=C(Nc1ccccc1SCc1ccccc1)c1ccc(OCc2cscn2)cc1. The number of rotatable bonds is 8. The summed E-state index contributed by atoms with van der Waals surface area (Å²) in [4.78, 5) is 18.0. The minimum absolute atomic E-state index is 0.145. The molecular weight excluding hydrogens is 412 g/mol. The molecule has 4 aromatic rings. The average molecular weight is 433 g/mol. The van der Waals surface area contributed by atoms with E-state index in [9.17, 15) is 4.79 Å². The lowest BCUT2D eigenvalue weighted by Gasteiger charge is -2.11. The van der Waals surface area contributed by atoms with Crippen LogP contribution in [0.4, 0.5) is 5.69 Å². The Hall–Kier alpha value is -3.09. The number of carbonyl (C=O) groups excluding carboxylic acids is 1. The highest BCUT2D eigenvalue weighted by Crippen LogP contribution is 2.30. The van der Waals surface area contributed by atoms with Crippen LogP contribution in [0.2, 0.25) is 0 Å². The van der Waals surface area contributed by atoms with E-state index in [1.807, 2.05) is 47.8 Å². The number of para-hydroxylation sites is 1. The predicted octanol–water partition coefficient (Wildman–Crippen LogP) is 6.27. The molecule has 0 saturated carbocycles. The van der Waals surface area contributed by atoms with E-state index in [0.717, 1.165) is 22.0 Å². The smallest absolute Gasteiger partial charge is 0.255 e. The van der Waals surface area contributed by atoms with Crippen LogP contribution in [0.25, 0.3) is 0 Å². The van der Waals surface area contributed by atoms with Gasteiger partial charge in [0.05, 0.1) is 16.9 Å². The van der Waals surface area contributed by atoms with E-state index in [4.69, 9.17) is 4.74 Å². The molecule has 0 radical (unpaired) electrons. The highest BCUT2D eigenvalue weighted by Gasteiger charge is 2.10. The number of ether oxygens (including phenoxy) is 1. The molecule has 0 unspecified atom stereocenters. The number of nitrogens with zero attached hydrogens (tertiary/aromatic N) is 1. The maximum absolute atomic E-state index is 12.7. The molecule has 0 aliphatic carbocycles. The molecule has 0 aliphatic rings. The molecule has 0 aliphatic heterocycles. The van der Waals surface area contributed by atoms with Gasteiger partial charge in [-0.15, -0.1) is 23.1 Å². The van der Waals surface area contributed by atoms with Crippen LogP contribution in [0.5, 0.6) is 5.75 Å². The van der Waals surface area contributed by atoms with Crippen molar-refractivity contribution in [3.8, 4) is 5.75 Å². The van der Waals surface area contributed by atoms with Crippen LogP contribution in [0.1, 0.15) is 21.6 Å². The summed E-state index contributed by atoms with van der Waals surface area (Å²) in [6, 6.07) is 25.3. The maximum Gasteiger partial charge on any atom is 0.255 e. The largest absolute Gasteiger partial charge is 0.487 e. The van der Waals surface area contributed by atoms with Crippen LogP contribution >= 0.6 is 23.1 Å². The summed E-state index contributed by atoms with van der Waals surface area (Å²) in [5.74, 6) is 1.41. The van der Waals surface area contributed by atoms with Crippen molar-refractivity contribution in [2.45, 2.75) is 17.3 Å². The molecule has 150 valence electrons. The second-order valence-corrected chi connectivity index (χ2v) is 8.25. The molecule has 0 atom stereocenters. The zero-order valence-electron chi connectivity index (χ0n) is 16.2. The second kappa shape index (κ2) is 10.1. The van der Waals surface area contributed by atoms with Crippen LogP contribution in [0.15, 0.2) is 94.6 Å². The minimum atomic E-state index is -0.145. The summed E-state index contributed by atoms with van der Waals surface area (Å²) in [7, 11) is 0. The molecule has 4 nitrogen and oxygen atoms in total. The molecule has 0 bridgehead atoms. The van der Waals surface area contributed by atoms with E-state index in [1.54, 1.807) is 41.5 Å². The van der Waals surface area contributed by atoms with Crippen LogP contribution in [-0.4, -0.2) is 10.9 Å². The van der Waals surface area contributed by atoms with Gasteiger partial charge in [0.25, 0.3) is 5.91 Å². The standard InChI is InChI=1S/C24H20N2O2S2/c27-24(19-10-12-21(13-11-19)28-14-20-16-29-17-25-20)26-22-8-4-5-9-23(22)30-15-18-6-2-1-3-7-18/h1-13,16-17H,14-15H2,(H,26,27). The number of hydrogen-bond acceptors (Lipinski definition) is 5. The van der Waals surface area contributed by atoms with E-state index in [-0.39, 0.29) is 5.91 Å². The molecule has 1 aromatic heterocycles. The Morgan fingerprint density at radius 1 is 0.967 bits per heavy atom. The Morgan fingerprint density at radius 2 is 1.73 bits per heavy atom. The fourth-order valence-electron chi connectivity index (χ4n) is 2.79. The summed E-state index contributed by atoms with van der Waals surface area (Å²) >= 11 is 3.24. The molecule has 0 saturated heterocycles. The Morgan fingerprint density at radius 3 is 2.50 bits per heavy atom. The van der Waals surface area contributed by atoms with Crippen LogP contribution < -0.4 is 10.1 Å². The van der Waals surface area contributed by atoms with Gasteiger partial charge in [0.15, 0.2) is 0 Å². The molecular formula is C24H20N2O2S2. The summed E-state index contributed by atoms with van der Waals surface area (Å²) < 4.78 is 5.71. The van der Waals surface area contributed by atoms with Gasteiger partial charge in [-0.3, -0.25) is 4.79 Å². The highest BCUT2D eigenvalue weighted by molar-refractivity contribution is 7.98. The monoisotopic (exact) mass is 432 g/mol. The van der Waals surface area contributed by atoms with Crippen molar-refractivity contribution in [2.75, 3.05) is 5.32 Å². The van der Waals surface area contributed by atoms with Gasteiger partial charge in [0.1, 0.15) is 12.4 Å². The number of anilines is 1. The van der Waals surface area contributed by atoms with Gasteiger partial charge in [-0.05, 0) is 42.0 Å². The first-order chi connectivity index (χ1) is 14.8. The zero-order chi connectivity index (χ0) is 20.6. The number of thiazole rings is 1. The summed E-state index contributed by atoms with van der Waals surface area (Å²) in [5, 5.41) is 4.98. The molecule has 6 heteroatoms. The fourth-order valence-corrected chi connectivity index (χ4v) is 4.30. The van der Waals surface area contributed by atoms with Crippen molar-refractivity contribution in [1.29, 1.82) is 0 Å². The van der Waals surface area contributed by atoms with Crippen LogP contribution in [0.3, 0.4) is 0 Å². The number of nitrogens with one attached hydrogen (secondary N) is 1. The molecule has 1 heterocycles. The lowest BCUT2D eigenvalue weighted by atomic mass is 10.2. The van der Waals surface area contributed by atoms with Crippen molar-refractivity contribution in [3.63, 3.8) is 0 Å². The number of amides is 1. The van der Waals surface area contributed by atoms with Gasteiger partial charge in [-0.2, -0.15) is 0 Å². The number of hydrogen-bond donors (Lipinski definition) is 1. The topological polar surface area (TPSA) is 51.2 Å². The second-order valence-electron chi connectivity index (χ2n) is 6.52. The first-order valence-corrected chi connectivity index (χ1v) is 11.4. The summed E-state index contributed by atoms with van der Waals surface area (Å²) in [5.41, 5.74) is 5.32. The average Bonchev–Trinajstić information content (AvgIpc) is 3.32. The van der Waals surface area contributed by atoms with E-state index in [1.165, 1.54) is 16.9 Å². The van der Waals surface area contributed by atoms with Crippen molar-refractivity contribution < 1.29 is 9.53 Å². The third-order valence-electron chi connectivity index (χ3n) is 4.36. The lowest BCUT2D eigenvalue weighted by Crippen LogP contribution is -2.12. The number of aromatic nitrogens is 1. The van der Waals surface area contributed by atoms with Crippen molar-refractivity contribution in [3.05, 3.63) is 107 Å². The van der Waals surface area contributed by atoms with Gasteiger partial charge >= 0.3 is 0 Å². The predicted molar refractivity (Wildman–Crippen MR) is 123 cm³/mol. The first kappa shape index (κ1) is 20.2. The molecule has 4 rings (SSSR count). The number of thioether (sulfide) groups is 1. The van der Waals surface area contributed by atoms with Crippen molar-refractivity contribution in [1.82, 2.24) is 4.98 Å². The molecule has 0 spiro atoms. The molecule has 0 fully saturated rings. The summed E-state index contributed by atoms with van der Waals surface area (Å²) in [6.07, 6.45) is 0. The number of benzene rings is 3. The third-order valence-corrected chi connectivity index (χ3v) is 6.14. The van der Waals surface area contributed by atoms with E-state index < -0.39 is 0 Å². The zero-order valence-corrected chi connectivity index (χ0v) is 17.8. The van der Waals surface area contributed by atoms with Crippen LogP contribution in [-0.2, 0) is 12.4 Å². The van der Waals surface area contributed by atoms with Crippen molar-refractivity contribution in [2.24, 2.45) is 0 Å². The Bertz CT molecular complexity index is 1080. The quantitative estimate of drug-likeness (QED) is 0.334. The third kappa shape index (κ3) is 5.49. The van der Waals surface area contributed by atoms with Crippen molar-refractivity contribution >= 4 is 34.7 Å². The first-order valence-electron chi connectivity index (χ1n) is 9.45. The van der Waals surface area contributed by atoms with Gasteiger partial charge in [-0.25, -0.2) is 4.98 Å². The van der Waals surface area contributed by atoms with E-state index in [0.29, 0.717) is 17.9 Å². The lowest BCUT2D eigenvalue weighted by molar-refractivity contribution is 0.102. The maximum atomic E-state index is 12.7. The molecule has 3 aromatic carbocycles. The normalized spacial score (nSPS) is 10.5. The Balaban J connectivity index is 1.37. The Labute approximate surface area is 184 Å². The molecule has 1 N–H and O–H groups in total. The molecule has 30 heavy (non-hydrogen) atoms. The van der Waals surface area contributed by atoms with E-state index >= 15 is 0 Å². The van der Waals surface area contributed by atoms with Gasteiger partial charge in [-0.1, -0.05) is 42.5 Å².